The van der Waals surface area contributed by atoms with Gasteiger partial charge in [-0.3, -0.25) is 0 Å². The van der Waals surface area contributed by atoms with E-state index in [4.69, 9.17) is 0 Å². The van der Waals surface area contributed by atoms with E-state index in [-0.39, 0.29) is 0 Å². The summed E-state index contributed by atoms with van der Waals surface area (Å²) in [6, 6.07) is 0. The lowest BCUT2D eigenvalue weighted by Crippen LogP contribution is -2.51. The van der Waals surface area contributed by atoms with Gasteiger partial charge in [0.25, 0.3) is 0 Å². The Hall–Kier alpha value is 0.0649. The Kier molecular flexibility index (Phi) is 1.50. The van der Waals surface area contributed by atoms with Gasteiger partial charge in [-0.2, -0.15) is 0 Å². The van der Waals surface area contributed by atoms with E-state index in [1.54, 1.807) is 0 Å². The molecule has 14 heavy (non-hydrogen) atoms. The predicted octanol–water partition coefficient (Wildman–Crippen LogP) is 4.39. The molecule has 0 aromatic rings. The van der Waals surface area contributed by atoms with Crippen molar-refractivity contribution in [2.24, 2.45) is 5.92 Å². The van der Waals surface area contributed by atoms with Gasteiger partial charge in [-0.15, -0.1) is 0 Å². The summed E-state index contributed by atoms with van der Waals surface area (Å²) in [7, 11) is 0. The van der Waals surface area contributed by atoms with E-state index in [9.17, 15) is 0 Å². The fraction of sp³-hybridized carbons (Fsp3) is 1.00. The first-order valence-electron chi connectivity index (χ1n) is 6.43. The van der Waals surface area contributed by atoms with Gasteiger partial charge < -0.3 is 0 Å². The van der Waals surface area contributed by atoms with Crippen molar-refractivity contribution in [2.45, 2.75) is 75.7 Å². The Morgan fingerprint density at radius 2 is 1.43 bits per heavy atom. The highest BCUT2D eigenvalue weighted by Crippen LogP contribution is 2.84. The zero-order valence-corrected chi connectivity index (χ0v) is 10.2. The van der Waals surface area contributed by atoms with E-state index in [2.05, 4.69) is 27.7 Å². The van der Waals surface area contributed by atoms with Crippen LogP contribution in [0.15, 0.2) is 0 Å². The zero-order valence-electron chi connectivity index (χ0n) is 10.2. The zero-order chi connectivity index (χ0) is 10.2. The molecule has 0 saturated carbocycles. The average Bonchev–Trinajstić information content (AvgIpc) is 2.45. The van der Waals surface area contributed by atoms with Gasteiger partial charge in [-0.1, -0.05) is 70.4 Å². The molecule has 3 fully saturated rings. The maximum Gasteiger partial charge on any atom is 0.159 e. The van der Waals surface area contributed by atoms with Crippen LogP contribution in [0.1, 0.15) is 59.8 Å². The third-order valence-corrected chi connectivity index (χ3v) is 6.25. The maximum atomic E-state index is 2.56. The molecule has 1 heteroatoms. The quantitative estimate of drug-likeness (QED) is 0.538. The van der Waals surface area contributed by atoms with Crippen molar-refractivity contribution in [2.75, 3.05) is 0 Å². The van der Waals surface area contributed by atoms with Crippen molar-refractivity contribution in [1.29, 1.82) is 0 Å². The molecule has 3 heterocycles. The maximum absolute atomic E-state index is 2.56. The Bertz CT molecular complexity index is 263. The number of hydrogen-bond donors (Lipinski definition) is 0. The van der Waals surface area contributed by atoms with Gasteiger partial charge in [0, 0.05) is 0 Å². The van der Waals surface area contributed by atoms with Crippen LogP contribution in [0.3, 0.4) is 0 Å². The Balaban J connectivity index is 2.04. The molecule has 78 valence electrons. The van der Waals surface area contributed by atoms with Gasteiger partial charge in [-0.25, -0.2) is 0 Å². The van der Waals surface area contributed by atoms with E-state index in [0.717, 1.165) is 28.6 Å². The molecular formula is C13H23B. The van der Waals surface area contributed by atoms with E-state index < -0.39 is 0 Å². The van der Waals surface area contributed by atoms with Crippen LogP contribution in [0.25, 0.3) is 0 Å². The van der Waals surface area contributed by atoms with Crippen molar-refractivity contribution in [3.8, 4) is 0 Å². The lowest BCUT2D eigenvalue weighted by Gasteiger charge is -2.56. The van der Waals surface area contributed by atoms with Crippen LogP contribution in [-0.2, 0) is 0 Å². The molecule has 0 nitrogen and oxygen atoms in total. The molecule has 0 N–H and O–H groups in total. The first kappa shape index (κ1) is 9.30. The smallest absolute Gasteiger partial charge is 0.0662 e. The van der Waals surface area contributed by atoms with Gasteiger partial charge in [-0.05, 0) is 11.2 Å². The molecule has 2 unspecified atom stereocenters. The largest absolute Gasteiger partial charge is 0.159 e. The van der Waals surface area contributed by atoms with Crippen LogP contribution in [0.5, 0.6) is 0 Å². The third kappa shape index (κ3) is 0.761. The van der Waals surface area contributed by atoms with E-state index >= 15 is 0 Å². The summed E-state index contributed by atoms with van der Waals surface area (Å²) in [5.41, 5.74) is 0. The van der Waals surface area contributed by atoms with Crippen molar-refractivity contribution in [3.05, 3.63) is 0 Å². The lowest BCUT2D eigenvalue weighted by molar-refractivity contribution is 0.316. The SMILES string of the molecule is CC(C)C12CCC3(C)CC(C)(CC1)B32. The van der Waals surface area contributed by atoms with Crippen molar-refractivity contribution in [1.82, 2.24) is 0 Å². The minimum absolute atomic E-state index is 0.746. The highest BCUT2D eigenvalue weighted by molar-refractivity contribution is 6.74. The molecule has 3 saturated heterocycles. The predicted molar refractivity (Wildman–Crippen MR) is 63.1 cm³/mol. The normalized spacial score (nSPS) is 55.1. The second-order valence-electron chi connectivity index (χ2n) is 7.31. The van der Waals surface area contributed by atoms with E-state index in [0.29, 0.717) is 0 Å². The summed E-state index contributed by atoms with van der Waals surface area (Å²) in [5, 5.41) is 2.24. The van der Waals surface area contributed by atoms with Crippen LogP contribution in [0.4, 0.5) is 0 Å². The van der Waals surface area contributed by atoms with Gasteiger partial charge >= 0.3 is 0 Å². The molecule has 2 atom stereocenters. The van der Waals surface area contributed by atoms with Gasteiger partial charge in [0.1, 0.15) is 0 Å². The monoisotopic (exact) mass is 190 g/mol. The number of rotatable bonds is 1. The standard InChI is InChI=1S/C13H23B/c1-10(2)13-7-5-11(3)9-12(4,6-8-13)14(11)13/h10H,5-9H2,1-4H3. The summed E-state index contributed by atoms with van der Waals surface area (Å²) in [6.07, 6.45) is 7.62. The minimum Gasteiger partial charge on any atom is -0.0662 e. The second-order valence-corrected chi connectivity index (χ2v) is 7.31. The fourth-order valence-corrected chi connectivity index (χ4v) is 6.05. The summed E-state index contributed by atoms with van der Waals surface area (Å²) in [5.74, 6) is 0.913. The molecule has 3 rings (SSSR count). The highest BCUT2D eigenvalue weighted by atomic mass is 14.6. The molecule has 0 aromatic heterocycles. The fourth-order valence-electron chi connectivity index (χ4n) is 6.05. The van der Waals surface area contributed by atoms with Crippen LogP contribution in [0, 0.1) is 5.92 Å². The van der Waals surface area contributed by atoms with Gasteiger partial charge in [0.05, 0.1) is 0 Å². The topological polar surface area (TPSA) is 0 Å². The van der Waals surface area contributed by atoms with Crippen molar-refractivity contribution >= 4 is 6.71 Å². The Morgan fingerprint density at radius 3 is 1.79 bits per heavy atom. The molecule has 0 amide bonds. The molecule has 0 bridgehead atoms. The molecule has 0 radical (unpaired) electrons. The van der Waals surface area contributed by atoms with E-state index in [1.807, 2.05) is 0 Å². The Labute approximate surface area is 88.9 Å². The van der Waals surface area contributed by atoms with Crippen LogP contribution >= 0.6 is 0 Å². The number of hydrogen-bond acceptors (Lipinski definition) is 0. The molecule has 0 aromatic carbocycles. The third-order valence-electron chi connectivity index (χ3n) is 6.25. The molecule has 0 aliphatic carbocycles. The lowest BCUT2D eigenvalue weighted by atomic mass is 9.09. The van der Waals surface area contributed by atoms with Crippen LogP contribution in [0.2, 0.25) is 15.9 Å². The average molecular weight is 190 g/mol. The van der Waals surface area contributed by atoms with Crippen molar-refractivity contribution < 1.29 is 0 Å². The molecule has 3 aliphatic rings. The van der Waals surface area contributed by atoms with Crippen molar-refractivity contribution in [3.63, 3.8) is 0 Å². The first-order chi connectivity index (χ1) is 6.43. The Morgan fingerprint density at radius 1 is 0.929 bits per heavy atom. The molecular weight excluding hydrogens is 167 g/mol. The summed E-state index contributed by atoms with van der Waals surface area (Å²) in [4.78, 5) is 0. The minimum atomic E-state index is 0.746. The highest BCUT2D eigenvalue weighted by Gasteiger charge is 2.74. The summed E-state index contributed by atoms with van der Waals surface area (Å²) >= 11 is 0. The first-order valence-corrected chi connectivity index (χ1v) is 6.43. The van der Waals surface area contributed by atoms with Crippen LogP contribution in [-0.4, -0.2) is 6.71 Å². The van der Waals surface area contributed by atoms with E-state index in [1.165, 1.54) is 32.1 Å². The summed E-state index contributed by atoms with van der Waals surface area (Å²) < 4.78 is 0. The van der Waals surface area contributed by atoms with Gasteiger partial charge in [0.15, 0.2) is 6.71 Å². The van der Waals surface area contributed by atoms with Gasteiger partial charge in [0.2, 0.25) is 0 Å². The second kappa shape index (κ2) is 2.25. The molecule has 3 aliphatic heterocycles. The molecule has 0 spiro atoms. The van der Waals surface area contributed by atoms with Crippen LogP contribution < -0.4 is 0 Å². The summed E-state index contributed by atoms with van der Waals surface area (Å²) in [6.45, 7) is 11.1.